The van der Waals surface area contributed by atoms with Gasteiger partial charge in [-0.05, 0) is 39.5 Å². The van der Waals surface area contributed by atoms with Crippen molar-refractivity contribution < 1.29 is 0 Å². The highest BCUT2D eigenvalue weighted by Crippen LogP contribution is 2.27. The summed E-state index contributed by atoms with van der Waals surface area (Å²) in [4.78, 5) is 6.88. The first-order valence-electron chi connectivity index (χ1n) is 7.68. The number of hydrogen-bond donors (Lipinski definition) is 2. The van der Waals surface area contributed by atoms with Crippen LogP contribution in [0.2, 0.25) is 0 Å². The molecule has 1 atom stereocenters. The maximum absolute atomic E-state index is 4.29. The minimum Gasteiger partial charge on any atom is -0.355 e. The summed E-state index contributed by atoms with van der Waals surface area (Å²) in [5, 5.41) is 6.85. The smallest absolute Gasteiger partial charge is 0.191 e. The van der Waals surface area contributed by atoms with Crippen LogP contribution in [0.25, 0.3) is 0 Å². The van der Waals surface area contributed by atoms with Gasteiger partial charge in [0.15, 0.2) is 5.96 Å². The van der Waals surface area contributed by atoms with Crippen LogP contribution >= 0.6 is 24.0 Å². The lowest BCUT2D eigenvalue weighted by atomic mass is 10.1. The zero-order chi connectivity index (χ0) is 14.4. The van der Waals surface area contributed by atoms with Crippen molar-refractivity contribution in [1.29, 1.82) is 0 Å². The first-order chi connectivity index (χ1) is 8.95. The fourth-order valence-electron chi connectivity index (χ4n) is 2.15. The third kappa shape index (κ3) is 7.11. The van der Waals surface area contributed by atoms with Crippen LogP contribution in [-0.4, -0.2) is 49.1 Å². The van der Waals surface area contributed by atoms with E-state index in [4.69, 9.17) is 0 Å². The summed E-state index contributed by atoms with van der Waals surface area (Å²) in [5.41, 5.74) is 0. The fraction of sp³-hybridized carbons (Fsp3) is 0.933. The molecule has 0 aliphatic heterocycles. The first kappa shape index (κ1) is 20.0. The summed E-state index contributed by atoms with van der Waals surface area (Å²) in [6.07, 6.45) is 2.74. The summed E-state index contributed by atoms with van der Waals surface area (Å²) in [6.45, 7) is 13.3. The lowest BCUT2D eigenvalue weighted by molar-refractivity contribution is 0.215. The zero-order valence-corrected chi connectivity index (χ0v) is 16.3. The number of halogens is 1. The molecule has 0 aromatic heterocycles. The van der Waals surface area contributed by atoms with Gasteiger partial charge >= 0.3 is 0 Å². The van der Waals surface area contributed by atoms with Crippen molar-refractivity contribution in [3.8, 4) is 0 Å². The standard InChI is InChI=1S/C15H32N4.HI/c1-11(2)13(5)18-15(16-6)17-9-10-19(12(3)4)14-7-8-14;/h11-14H,7-10H2,1-6H3,(H2,16,17,18);1H. The maximum Gasteiger partial charge on any atom is 0.191 e. The van der Waals surface area contributed by atoms with Gasteiger partial charge in [-0.3, -0.25) is 9.89 Å². The maximum atomic E-state index is 4.29. The third-order valence-electron chi connectivity index (χ3n) is 3.93. The molecule has 1 fully saturated rings. The summed E-state index contributed by atoms with van der Waals surface area (Å²) < 4.78 is 0. The molecule has 120 valence electrons. The zero-order valence-electron chi connectivity index (χ0n) is 13.9. The van der Waals surface area contributed by atoms with Gasteiger partial charge in [-0.15, -0.1) is 24.0 Å². The molecule has 0 aromatic carbocycles. The van der Waals surface area contributed by atoms with Crippen molar-refractivity contribution in [2.75, 3.05) is 20.1 Å². The average Bonchev–Trinajstić information content (AvgIpc) is 3.16. The van der Waals surface area contributed by atoms with Crippen molar-refractivity contribution in [3.05, 3.63) is 0 Å². The molecule has 5 heteroatoms. The molecular formula is C15H33IN4. The van der Waals surface area contributed by atoms with E-state index >= 15 is 0 Å². The van der Waals surface area contributed by atoms with Gasteiger partial charge in [0.1, 0.15) is 0 Å². The highest BCUT2D eigenvalue weighted by atomic mass is 127. The van der Waals surface area contributed by atoms with Gasteiger partial charge in [0.2, 0.25) is 0 Å². The topological polar surface area (TPSA) is 39.7 Å². The Morgan fingerprint density at radius 3 is 2.20 bits per heavy atom. The van der Waals surface area contributed by atoms with Gasteiger partial charge in [0.25, 0.3) is 0 Å². The van der Waals surface area contributed by atoms with Gasteiger partial charge in [0.05, 0.1) is 0 Å². The second-order valence-electron chi connectivity index (χ2n) is 6.24. The molecule has 1 aliphatic rings. The monoisotopic (exact) mass is 396 g/mol. The Balaban J connectivity index is 0.00000361. The van der Waals surface area contributed by atoms with Crippen LogP contribution in [0.3, 0.4) is 0 Å². The van der Waals surface area contributed by atoms with Crippen molar-refractivity contribution in [2.45, 2.75) is 65.6 Å². The number of nitrogens with zero attached hydrogens (tertiary/aromatic N) is 2. The van der Waals surface area contributed by atoms with Gasteiger partial charge in [-0.2, -0.15) is 0 Å². The Morgan fingerprint density at radius 1 is 1.20 bits per heavy atom. The Kier molecular flexibility index (Phi) is 9.80. The number of rotatable bonds is 7. The second-order valence-corrected chi connectivity index (χ2v) is 6.24. The normalized spacial score (nSPS) is 17.4. The summed E-state index contributed by atoms with van der Waals surface area (Å²) in [7, 11) is 1.84. The molecular weight excluding hydrogens is 363 g/mol. The van der Waals surface area contributed by atoms with Crippen molar-refractivity contribution in [1.82, 2.24) is 15.5 Å². The molecule has 20 heavy (non-hydrogen) atoms. The molecule has 0 spiro atoms. The average molecular weight is 396 g/mol. The molecule has 0 heterocycles. The van der Waals surface area contributed by atoms with Crippen LogP contribution in [0.15, 0.2) is 4.99 Å². The quantitative estimate of drug-likeness (QED) is 0.395. The highest BCUT2D eigenvalue weighted by molar-refractivity contribution is 14.0. The van der Waals surface area contributed by atoms with E-state index in [1.54, 1.807) is 0 Å². The molecule has 1 unspecified atom stereocenters. The largest absolute Gasteiger partial charge is 0.355 e. The Labute approximate surface area is 142 Å². The molecule has 0 radical (unpaired) electrons. The Morgan fingerprint density at radius 2 is 1.80 bits per heavy atom. The Bertz CT molecular complexity index is 286. The molecule has 0 aromatic rings. The van der Waals surface area contributed by atoms with Crippen LogP contribution in [0.4, 0.5) is 0 Å². The van der Waals surface area contributed by atoms with E-state index < -0.39 is 0 Å². The summed E-state index contributed by atoms with van der Waals surface area (Å²) in [5.74, 6) is 1.53. The summed E-state index contributed by atoms with van der Waals surface area (Å²) in [6, 6.07) is 1.90. The number of hydrogen-bond acceptors (Lipinski definition) is 2. The lowest BCUT2D eigenvalue weighted by Gasteiger charge is -2.27. The van der Waals surface area contributed by atoms with Crippen LogP contribution in [0.1, 0.15) is 47.5 Å². The van der Waals surface area contributed by atoms with Crippen molar-refractivity contribution in [2.24, 2.45) is 10.9 Å². The third-order valence-corrected chi connectivity index (χ3v) is 3.93. The van der Waals surface area contributed by atoms with E-state index in [1.165, 1.54) is 12.8 Å². The minimum absolute atomic E-state index is 0. The predicted molar refractivity (Wildman–Crippen MR) is 99.1 cm³/mol. The predicted octanol–water partition coefficient (Wildman–Crippen LogP) is 2.69. The van der Waals surface area contributed by atoms with Gasteiger partial charge in [-0.25, -0.2) is 0 Å². The van der Waals surface area contributed by atoms with Crippen LogP contribution in [0, 0.1) is 5.92 Å². The van der Waals surface area contributed by atoms with Gasteiger partial charge in [-0.1, -0.05) is 13.8 Å². The van der Waals surface area contributed by atoms with Crippen LogP contribution < -0.4 is 10.6 Å². The van der Waals surface area contributed by atoms with E-state index in [0.717, 1.165) is 25.1 Å². The molecule has 0 bridgehead atoms. The number of guanidine groups is 1. The van der Waals surface area contributed by atoms with Crippen molar-refractivity contribution in [3.63, 3.8) is 0 Å². The lowest BCUT2D eigenvalue weighted by Crippen LogP contribution is -2.47. The van der Waals surface area contributed by atoms with Gasteiger partial charge in [0, 0.05) is 38.3 Å². The second kappa shape index (κ2) is 9.82. The van der Waals surface area contributed by atoms with E-state index in [2.05, 4.69) is 55.1 Å². The summed E-state index contributed by atoms with van der Waals surface area (Å²) >= 11 is 0. The van der Waals surface area contributed by atoms with Crippen LogP contribution in [0.5, 0.6) is 0 Å². The fourth-order valence-corrected chi connectivity index (χ4v) is 2.15. The number of nitrogens with one attached hydrogen (secondary N) is 2. The van der Waals surface area contributed by atoms with Crippen LogP contribution in [-0.2, 0) is 0 Å². The van der Waals surface area contributed by atoms with Gasteiger partial charge < -0.3 is 10.6 Å². The molecule has 2 N–H and O–H groups in total. The number of aliphatic imine (C=N–C) groups is 1. The van der Waals surface area contributed by atoms with E-state index in [1.807, 2.05) is 7.05 Å². The molecule has 1 aliphatic carbocycles. The molecule has 0 amide bonds. The molecule has 1 saturated carbocycles. The SMILES string of the molecule is CN=C(NCCN(C(C)C)C1CC1)NC(C)C(C)C.I. The minimum atomic E-state index is 0. The molecule has 0 saturated heterocycles. The highest BCUT2D eigenvalue weighted by Gasteiger charge is 2.30. The van der Waals surface area contributed by atoms with E-state index in [0.29, 0.717) is 18.0 Å². The van der Waals surface area contributed by atoms with E-state index in [-0.39, 0.29) is 24.0 Å². The first-order valence-corrected chi connectivity index (χ1v) is 7.68. The molecule has 4 nitrogen and oxygen atoms in total. The van der Waals surface area contributed by atoms with Crippen molar-refractivity contribution >= 4 is 29.9 Å². The Hall–Kier alpha value is -0.0400. The molecule has 1 rings (SSSR count). The van der Waals surface area contributed by atoms with E-state index in [9.17, 15) is 0 Å².